The molecule has 0 fully saturated rings. The summed E-state index contributed by atoms with van der Waals surface area (Å²) >= 11 is 0. The molecule has 1 aromatic heterocycles. The maximum Gasteiger partial charge on any atom is 0.0602 e. The van der Waals surface area contributed by atoms with Crippen LogP contribution in [0.1, 0.15) is 49.6 Å². The van der Waals surface area contributed by atoms with Crippen molar-refractivity contribution in [2.45, 2.75) is 46.6 Å². The van der Waals surface area contributed by atoms with Crippen LogP contribution in [-0.4, -0.2) is 11.5 Å². The molecule has 0 aliphatic heterocycles. The molecule has 84 valence electrons. The van der Waals surface area contributed by atoms with Crippen LogP contribution in [0.2, 0.25) is 0 Å². The molecule has 2 nitrogen and oxygen atoms in total. The minimum atomic E-state index is 0.417. The van der Waals surface area contributed by atoms with E-state index < -0.39 is 0 Å². The molecule has 0 saturated heterocycles. The molecule has 2 heteroatoms. The summed E-state index contributed by atoms with van der Waals surface area (Å²) in [4.78, 5) is 4.55. The summed E-state index contributed by atoms with van der Waals surface area (Å²) in [6, 6.07) is 2.63. The predicted molar refractivity (Wildman–Crippen MR) is 65.0 cm³/mol. The van der Waals surface area contributed by atoms with Crippen molar-refractivity contribution in [2.24, 2.45) is 0 Å². The van der Waals surface area contributed by atoms with Crippen LogP contribution in [-0.2, 0) is 0 Å². The largest absolute Gasteiger partial charge is 0.309 e. The van der Waals surface area contributed by atoms with Crippen LogP contribution in [0.25, 0.3) is 0 Å². The molecule has 0 spiro atoms. The van der Waals surface area contributed by atoms with Crippen molar-refractivity contribution < 1.29 is 0 Å². The van der Waals surface area contributed by atoms with Crippen molar-refractivity contribution in [2.75, 3.05) is 6.54 Å². The van der Waals surface area contributed by atoms with Crippen LogP contribution < -0.4 is 5.32 Å². The molecule has 1 rings (SSSR count). The quantitative estimate of drug-likeness (QED) is 0.800. The highest BCUT2D eigenvalue weighted by Crippen LogP contribution is 2.20. The molecule has 0 saturated carbocycles. The number of nitrogens with one attached hydrogen (secondary N) is 1. The molecule has 15 heavy (non-hydrogen) atoms. The number of nitrogens with zero attached hydrogens (tertiary/aromatic N) is 1. The Morgan fingerprint density at radius 2 is 2.07 bits per heavy atom. The van der Waals surface area contributed by atoms with Gasteiger partial charge in [0.25, 0.3) is 0 Å². The Hall–Kier alpha value is -0.890. The Kier molecular flexibility index (Phi) is 4.76. The summed E-state index contributed by atoms with van der Waals surface area (Å²) in [6.07, 6.45) is 4.31. The van der Waals surface area contributed by atoms with Gasteiger partial charge in [-0.25, -0.2) is 0 Å². The number of pyridine rings is 1. The van der Waals surface area contributed by atoms with Gasteiger partial charge in [-0.15, -0.1) is 0 Å². The van der Waals surface area contributed by atoms with Gasteiger partial charge in [-0.1, -0.05) is 26.3 Å². The highest BCUT2D eigenvalue weighted by Gasteiger charge is 2.12. The number of aryl methyl sites for hydroxylation is 2. The molecule has 1 heterocycles. The molecule has 0 amide bonds. The predicted octanol–water partition coefficient (Wildman–Crippen LogP) is 3.15. The van der Waals surface area contributed by atoms with Crippen molar-refractivity contribution >= 4 is 0 Å². The third-order valence-corrected chi connectivity index (χ3v) is 2.61. The SMILES string of the molecule is CCCC(NCC)c1ncc(C)cc1C. The number of hydrogen-bond donors (Lipinski definition) is 1. The highest BCUT2D eigenvalue weighted by molar-refractivity contribution is 5.25. The standard InChI is InChI=1S/C13H22N2/c1-5-7-12(14-6-2)13-11(4)8-10(3)9-15-13/h8-9,12,14H,5-7H2,1-4H3. The molecular weight excluding hydrogens is 184 g/mol. The first-order valence-corrected chi connectivity index (χ1v) is 5.85. The van der Waals surface area contributed by atoms with E-state index >= 15 is 0 Å². The van der Waals surface area contributed by atoms with Crippen molar-refractivity contribution in [1.82, 2.24) is 10.3 Å². The second-order valence-corrected chi connectivity index (χ2v) is 4.11. The third kappa shape index (κ3) is 3.31. The normalized spacial score (nSPS) is 12.8. The fraction of sp³-hybridized carbons (Fsp3) is 0.615. The van der Waals surface area contributed by atoms with Gasteiger partial charge in [-0.05, 0) is 37.9 Å². The summed E-state index contributed by atoms with van der Waals surface area (Å²) < 4.78 is 0. The van der Waals surface area contributed by atoms with E-state index in [4.69, 9.17) is 0 Å². The maximum absolute atomic E-state index is 4.55. The van der Waals surface area contributed by atoms with Crippen molar-refractivity contribution in [3.05, 3.63) is 29.1 Å². The topological polar surface area (TPSA) is 24.9 Å². The van der Waals surface area contributed by atoms with Gasteiger partial charge in [0, 0.05) is 12.2 Å². The molecule has 0 aliphatic carbocycles. The monoisotopic (exact) mass is 206 g/mol. The van der Waals surface area contributed by atoms with Gasteiger partial charge in [-0.2, -0.15) is 0 Å². The van der Waals surface area contributed by atoms with Crippen molar-refractivity contribution in [3.8, 4) is 0 Å². The van der Waals surface area contributed by atoms with E-state index in [-0.39, 0.29) is 0 Å². The Morgan fingerprint density at radius 3 is 2.60 bits per heavy atom. The fourth-order valence-corrected chi connectivity index (χ4v) is 1.96. The lowest BCUT2D eigenvalue weighted by molar-refractivity contribution is 0.495. The van der Waals surface area contributed by atoms with Crippen LogP contribution in [0.4, 0.5) is 0 Å². The van der Waals surface area contributed by atoms with E-state index in [0.29, 0.717) is 6.04 Å². The van der Waals surface area contributed by atoms with Gasteiger partial charge in [-0.3, -0.25) is 4.98 Å². The van der Waals surface area contributed by atoms with E-state index in [9.17, 15) is 0 Å². The number of aromatic nitrogens is 1. The van der Waals surface area contributed by atoms with E-state index in [0.717, 1.165) is 13.0 Å². The molecule has 0 radical (unpaired) electrons. The smallest absolute Gasteiger partial charge is 0.0602 e. The number of rotatable bonds is 5. The van der Waals surface area contributed by atoms with E-state index in [1.165, 1.54) is 23.2 Å². The van der Waals surface area contributed by atoms with Crippen molar-refractivity contribution in [1.29, 1.82) is 0 Å². The van der Waals surface area contributed by atoms with Crippen LogP contribution in [0, 0.1) is 13.8 Å². The average molecular weight is 206 g/mol. The minimum absolute atomic E-state index is 0.417. The molecule has 0 bridgehead atoms. The zero-order valence-electron chi connectivity index (χ0n) is 10.3. The molecule has 1 unspecified atom stereocenters. The Labute approximate surface area is 93.1 Å². The van der Waals surface area contributed by atoms with E-state index in [1.807, 2.05) is 6.20 Å². The van der Waals surface area contributed by atoms with Gasteiger partial charge >= 0.3 is 0 Å². The second kappa shape index (κ2) is 5.86. The molecule has 1 N–H and O–H groups in total. The van der Waals surface area contributed by atoms with Gasteiger partial charge in [0.05, 0.1) is 5.69 Å². The van der Waals surface area contributed by atoms with E-state index in [1.54, 1.807) is 0 Å². The second-order valence-electron chi connectivity index (χ2n) is 4.11. The van der Waals surface area contributed by atoms with Crippen molar-refractivity contribution in [3.63, 3.8) is 0 Å². The molecule has 1 atom stereocenters. The first-order chi connectivity index (χ1) is 7.19. The Balaban J connectivity index is 2.89. The lowest BCUT2D eigenvalue weighted by Crippen LogP contribution is -2.22. The van der Waals surface area contributed by atoms with Gasteiger partial charge in [0.15, 0.2) is 0 Å². The molecule has 0 aromatic carbocycles. The van der Waals surface area contributed by atoms with Crippen LogP contribution in [0.15, 0.2) is 12.3 Å². The molecule has 0 aliphatic rings. The summed E-state index contributed by atoms with van der Waals surface area (Å²) in [5, 5.41) is 3.50. The highest BCUT2D eigenvalue weighted by atomic mass is 14.9. The first-order valence-electron chi connectivity index (χ1n) is 5.85. The van der Waals surface area contributed by atoms with Gasteiger partial charge < -0.3 is 5.32 Å². The van der Waals surface area contributed by atoms with Gasteiger partial charge in [0.2, 0.25) is 0 Å². The third-order valence-electron chi connectivity index (χ3n) is 2.61. The average Bonchev–Trinajstić information content (AvgIpc) is 2.17. The molecule has 1 aromatic rings. The zero-order chi connectivity index (χ0) is 11.3. The number of hydrogen-bond acceptors (Lipinski definition) is 2. The maximum atomic E-state index is 4.55. The summed E-state index contributed by atoms with van der Waals surface area (Å²) in [7, 11) is 0. The van der Waals surface area contributed by atoms with Crippen LogP contribution in [0.5, 0.6) is 0 Å². The summed E-state index contributed by atoms with van der Waals surface area (Å²) in [5.41, 5.74) is 3.75. The first kappa shape index (κ1) is 12.2. The molecular formula is C13H22N2. The Bertz CT molecular complexity index is 301. The lowest BCUT2D eigenvalue weighted by Gasteiger charge is -2.18. The summed E-state index contributed by atoms with van der Waals surface area (Å²) in [5.74, 6) is 0. The zero-order valence-corrected chi connectivity index (χ0v) is 10.3. The summed E-state index contributed by atoms with van der Waals surface area (Å²) in [6.45, 7) is 9.60. The van der Waals surface area contributed by atoms with Gasteiger partial charge in [0.1, 0.15) is 0 Å². The Morgan fingerprint density at radius 1 is 1.33 bits per heavy atom. The van der Waals surface area contributed by atoms with Crippen LogP contribution in [0.3, 0.4) is 0 Å². The van der Waals surface area contributed by atoms with E-state index in [2.05, 4.69) is 44.1 Å². The fourth-order valence-electron chi connectivity index (χ4n) is 1.96. The van der Waals surface area contributed by atoms with Crippen LogP contribution >= 0.6 is 0 Å². The lowest BCUT2D eigenvalue weighted by atomic mass is 10.0. The minimum Gasteiger partial charge on any atom is -0.309 e.